The molecule has 8 heteroatoms. The first-order valence-electron chi connectivity index (χ1n) is 10.6. The van der Waals surface area contributed by atoms with Crippen molar-refractivity contribution in [2.24, 2.45) is 0 Å². The van der Waals surface area contributed by atoms with Crippen LogP contribution >= 0.6 is 11.3 Å². The number of anilines is 2. The van der Waals surface area contributed by atoms with Crippen LogP contribution in [0.15, 0.2) is 65.0 Å². The fourth-order valence-corrected chi connectivity index (χ4v) is 4.47. The molecule has 0 aliphatic heterocycles. The van der Waals surface area contributed by atoms with E-state index >= 15 is 0 Å². The molecule has 7 nitrogen and oxygen atoms in total. The van der Waals surface area contributed by atoms with E-state index in [9.17, 15) is 14.4 Å². The SMILES string of the molecule is CCc1ccc(-c2csc3ncn([C@@H](C)C(=O)Nc4ccc(NC(C)=O)cc4)c(=O)c23)cc1. The van der Waals surface area contributed by atoms with Gasteiger partial charge in [0.2, 0.25) is 11.8 Å². The summed E-state index contributed by atoms with van der Waals surface area (Å²) >= 11 is 1.41. The van der Waals surface area contributed by atoms with Gasteiger partial charge in [-0.2, -0.15) is 0 Å². The van der Waals surface area contributed by atoms with Crippen molar-refractivity contribution in [3.05, 3.63) is 76.2 Å². The molecule has 2 N–H and O–H groups in total. The predicted octanol–water partition coefficient (Wildman–Crippen LogP) is 4.85. The van der Waals surface area contributed by atoms with Gasteiger partial charge in [-0.3, -0.25) is 19.0 Å². The Morgan fingerprint density at radius 3 is 2.27 bits per heavy atom. The maximum Gasteiger partial charge on any atom is 0.263 e. The number of benzene rings is 2. The molecule has 0 radical (unpaired) electrons. The second kappa shape index (κ2) is 9.38. The molecule has 1 atom stereocenters. The molecule has 0 fully saturated rings. The highest BCUT2D eigenvalue weighted by Gasteiger charge is 2.20. The maximum atomic E-state index is 13.4. The lowest BCUT2D eigenvalue weighted by atomic mass is 10.0. The summed E-state index contributed by atoms with van der Waals surface area (Å²) in [5.41, 5.74) is 3.95. The van der Waals surface area contributed by atoms with Crippen LogP contribution in [-0.4, -0.2) is 21.4 Å². The zero-order valence-electron chi connectivity index (χ0n) is 18.6. The van der Waals surface area contributed by atoms with E-state index in [1.807, 2.05) is 17.5 Å². The van der Waals surface area contributed by atoms with Gasteiger partial charge >= 0.3 is 0 Å². The maximum absolute atomic E-state index is 13.4. The Kier molecular flexibility index (Phi) is 6.37. The lowest BCUT2D eigenvalue weighted by Crippen LogP contribution is -2.31. The van der Waals surface area contributed by atoms with E-state index < -0.39 is 6.04 Å². The number of aryl methyl sites for hydroxylation is 1. The van der Waals surface area contributed by atoms with Crippen molar-refractivity contribution in [2.75, 3.05) is 10.6 Å². The van der Waals surface area contributed by atoms with Gasteiger partial charge in [-0.25, -0.2) is 4.98 Å². The normalized spacial score (nSPS) is 11.8. The van der Waals surface area contributed by atoms with Gasteiger partial charge in [0.05, 0.1) is 11.7 Å². The van der Waals surface area contributed by atoms with Gasteiger partial charge in [0, 0.05) is 29.2 Å². The number of aromatic nitrogens is 2. The summed E-state index contributed by atoms with van der Waals surface area (Å²) in [5, 5.41) is 7.94. The van der Waals surface area contributed by atoms with Crippen LogP contribution in [0.3, 0.4) is 0 Å². The number of hydrogen-bond donors (Lipinski definition) is 2. The molecule has 0 aliphatic rings. The Bertz CT molecular complexity index is 1370. The summed E-state index contributed by atoms with van der Waals surface area (Å²) in [4.78, 5) is 42.5. The molecule has 2 heterocycles. The lowest BCUT2D eigenvalue weighted by Gasteiger charge is -2.15. The van der Waals surface area contributed by atoms with Gasteiger partial charge in [0.25, 0.3) is 5.56 Å². The number of nitrogens with one attached hydrogen (secondary N) is 2. The molecule has 2 amide bonds. The first kappa shape index (κ1) is 22.4. The molecule has 33 heavy (non-hydrogen) atoms. The van der Waals surface area contributed by atoms with Crippen LogP contribution in [0, 0.1) is 0 Å². The second-order valence-corrected chi connectivity index (χ2v) is 8.62. The smallest absolute Gasteiger partial charge is 0.263 e. The Hall–Kier alpha value is -3.78. The minimum absolute atomic E-state index is 0.170. The number of carbonyl (C=O) groups excluding carboxylic acids is 2. The highest BCUT2D eigenvalue weighted by atomic mass is 32.1. The number of amides is 2. The van der Waals surface area contributed by atoms with E-state index in [-0.39, 0.29) is 17.4 Å². The number of nitrogens with zero attached hydrogens (tertiary/aromatic N) is 2. The number of thiophene rings is 1. The molecule has 0 unspecified atom stereocenters. The zero-order valence-corrected chi connectivity index (χ0v) is 19.4. The van der Waals surface area contributed by atoms with Crippen molar-refractivity contribution >= 4 is 44.7 Å². The molecule has 4 rings (SSSR count). The Morgan fingerprint density at radius 2 is 1.67 bits per heavy atom. The molecule has 0 aliphatic carbocycles. The van der Waals surface area contributed by atoms with Gasteiger partial charge in [0.1, 0.15) is 10.9 Å². The van der Waals surface area contributed by atoms with Crippen LogP contribution in [0.4, 0.5) is 11.4 Å². The first-order valence-corrected chi connectivity index (χ1v) is 11.5. The number of hydrogen-bond acceptors (Lipinski definition) is 5. The Morgan fingerprint density at radius 1 is 1.03 bits per heavy atom. The predicted molar refractivity (Wildman–Crippen MR) is 133 cm³/mol. The molecule has 0 saturated carbocycles. The Labute approximate surface area is 195 Å². The highest BCUT2D eigenvalue weighted by Crippen LogP contribution is 2.31. The summed E-state index contributed by atoms with van der Waals surface area (Å²) in [6.45, 7) is 5.19. The minimum atomic E-state index is -0.764. The van der Waals surface area contributed by atoms with Crippen molar-refractivity contribution in [1.82, 2.24) is 9.55 Å². The third-order valence-electron chi connectivity index (χ3n) is 5.46. The molecule has 2 aromatic carbocycles. The van der Waals surface area contributed by atoms with E-state index in [4.69, 9.17) is 0 Å². The van der Waals surface area contributed by atoms with E-state index in [1.54, 1.807) is 31.2 Å². The van der Waals surface area contributed by atoms with E-state index in [1.165, 1.54) is 34.7 Å². The lowest BCUT2D eigenvalue weighted by molar-refractivity contribution is -0.119. The van der Waals surface area contributed by atoms with Crippen LogP contribution < -0.4 is 16.2 Å². The Balaban J connectivity index is 1.60. The quantitative estimate of drug-likeness (QED) is 0.430. The monoisotopic (exact) mass is 460 g/mol. The van der Waals surface area contributed by atoms with Crippen LogP contribution in [0.1, 0.15) is 32.4 Å². The number of fused-ring (bicyclic) bond motifs is 1. The van der Waals surface area contributed by atoms with Crippen molar-refractivity contribution < 1.29 is 9.59 Å². The summed E-state index contributed by atoms with van der Waals surface area (Å²) in [5.74, 6) is -0.508. The van der Waals surface area contributed by atoms with Gasteiger partial charge < -0.3 is 10.6 Å². The minimum Gasteiger partial charge on any atom is -0.326 e. The van der Waals surface area contributed by atoms with Gasteiger partial charge in [-0.15, -0.1) is 11.3 Å². The van der Waals surface area contributed by atoms with Crippen molar-refractivity contribution in [3.8, 4) is 11.1 Å². The van der Waals surface area contributed by atoms with Crippen molar-refractivity contribution in [2.45, 2.75) is 33.2 Å². The summed E-state index contributed by atoms with van der Waals surface area (Å²) in [6.07, 6.45) is 2.37. The number of rotatable bonds is 6. The van der Waals surface area contributed by atoms with E-state index in [2.05, 4.69) is 34.7 Å². The largest absolute Gasteiger partial charge is 0.326 e. The van der Waals surface area contributed by atoms with Crippen LogP contribution in [0.2, 0.25) is 0 Å². The fraction of sp³-hybridized carbons (Fsp3) is 0.200. The van der Waals surface area contributed by atoms with E-state index in [0.717, 1.165) is 17.5 Å². The van der Waals surface area contributed by atoms with Crippen LogP contribution in [0.5, 0.6) is 0 Å². The third kappa shape index (κ3) is 4.70. The highest BCUT2D eigenvalue weighted by molar-refractivity contribution is 7.17. The average molecular weight is 461 g/mol. The second-order valence-electron chi connectivity index (χ2n) is 7.76. The van der Waals surface area contributed by atoms with E-state index in [0.29, 0.717) is 21.6 Å². The molecular weight excluding hydrogens is 436 g/mol. The first-order chi connectivity index (χ1) is 15.9. The van der Waals surface area contributed by atoms with Crippen molar-refractivity contribution in [1.29, 1.82) is 0 Å². The zero-order chi connectivity index (χ0) is 23.5. The average Bonchev–Trinajstić information content (AvgIpc) is 3.25. The summed E-state index contributed by atoms with van der Waals surface area (Å²) in [7, 11) is 0. The standard InChI is InChI=1S/C25H24N4O3S/c1-4-17-5-7-18(8-6-17)21-13-33-24-22(21)25(32)29(14-26-24)15(2)23(31)28-20-11-9-19(10-12-20)27-16(3)30/h5-15H,4H2,1-3H3,(H,27,30)(H,28,31)/t15-/m0/s1. The van der Waals surface area contributed by atoms with Crippen molar-refractivity contribution in [3.63, 3.8) is 0 Å². The van der Waals surface area contributed by atoms with Crippen LogP contribution in [0.25, 0.3) is 21.3 Å². The molecule has 0 spiro atoms. The van der Waals surface area contributed by atoms with Gasteiger partial charge in [-0.1, -0.05) is 31.2 Å². The van der Waals surface area contributed by atoms with Gasteiger partial charge in [0.15, 0.2) is 0 Å². The molecule has 0 saturated heterocycles. The van der Waals surface area contributed by atoms with Crippen LogP contribution in [-0.2, 0) is 16.0 Å². The molecule has 0 bridgehead atoms. The van der Waals surface area contributed by atoms with Gasteiger partial charge in [-0.05, 0) is 48.7 Å². The topological polar surface area (TPSA) is 93.1 Å². The third-order valence-corrected chi connectivity index (χ3v) is 6.35. The molecule has 168 valence electrons. The molecule has 2 aromatic heterocycles. The number of carbonyl (C=O) groups is 2. The molecular formula is C25H24N4O3S. The summed E-state index contributed by atoms with van der Waals surface area (Å²) in [6, 6.07) is 14.2. The summed E-state index contributed by atoms with van der Waals surface area (Å²) < 4.78 is 1.36. The molecule has 4 aromatic rings. The fourth-order valence-electron chi connectivity index (χ4n) is 3.57.